The lowest BCUT2D eigenvalue weighted by atomic mass is 10.1. The van der Waals surface area contributed by atoms with E-state index in [0.29, 0.717) is 29.1 Å². The Balaban J connectivity index is 1.99. The van der Waals surface area contributed by atoms with E-state index in [-0.39, 0.29) is 16.9 Å². The Labute approximate surface area is 157 Å². The molecular weight excluding hydrogens is 350 g/mol. The van der Waals surface area contributed by atoms with Crippen molar-refractivity contribution in [3.63, 3.8) is 0 Å². The van der Waals surface area contributed by atoms with Crippen molar-refractivity contribution in [2.45, 2.75) is 20.3 Å². The Hall–Kier alpha value is -2.93. The van der Waals surface area contributed by atoms with E-state index < -0.39 is 0 Å². The van der Waals surface area contributed by atoms with Crippen LogP contribution in [0.2, 0.25) is 0 Å². The van der Waals surface area contributed by atoms with Gasteiger partial charge in [0.1, 0.15) is 5.75 Å². The zero-order valence-corrected chi connectivity index (χ0v) is 15.7. The molecule has 6 nitrogen and oxygen atoms in total. The van der Waals surface area contributed by atoms with Crippen molar-refractivity contribution in [1.82, 2.24) is 5.32 Å². The van der Waals surface area contributed by atoms with E-state index in [1.165, 1.54) is 7.11 Å². The van der Waals surface area contributed by atoms with Gasteiger partial charge in [0.25, 0.3) is 5.91 Å². The number of carbonyl (C=O) groups excluding carboxylic acids is 2. The van der Waals surface area contributed by atoms with Crippen LogP contribution in [0.15, 0.2) is 42.5 Å². The van der Waals surface area contributed by atoms with E-state index >= 15 is 0 Å². The normalized spacial score (nSPS) is 9.96. The maximum atomic E-state index is 12.4. The van der Waals surface area contributed by atoms with Crippen molar-refractivity contribution in [2.24, 2.45) is 0 Å². The lowest BCUT2D eigenvalue weighted by molar-refractivity contribution is -0.115. The number of nitrogens with one attached hydrogen (secondary N) is 3. The van der Waals surface area contributed by atoms with E-state index in [2.05, 4.69) is 16.0 Å². The standard InChI is InChI=1S/C19H21N3O3S/c1-4-16(23)20-13-8-10-14(11-9-13)21-19(26)22-18(24)15-7-5-6-12(2)17(15)25-3/h5-11H,4H2,1-3H3,(H,20,23)(H2,21,22,24,26). The fourth-order valence-corrected chi connectivity index (χ4v) is 2.53. The minimum Gasteiger partial charge on any atom is -0.496 e. The van der Waals surface area contributed by atoms with Crippen molar-refractivity contribution < 1.29 is 14.3 Å². The average Bonchev–Trinajstić information content (AvgIpc) is 2.62. The molecule has 0 saturated carbocycles. The fraction of sp³-hybridized carbons (Fsp3) is 0.211. The first-order valence-corrected chi connectivity index (χ1v) is 8.51. The van der Waals surface area contributed by atoms with Crippen LogP contribution in [0.5, 0.6) is 5.75 Å². The van der Waals surface area contributed by atoms with E-state index in [0.717, 1.165) is 5.56 Å². The molecule has 0 aliphatic rings. The van der Waals surface area contributed by atoms with Gasteiger partial charge in [-0.2, -0.15) is 0 Å². The number of para-hydroxylation sites is 1. The van der Waals surface area contributed by atoms with Crippen LogP contribution in [0, 0.1) is 6.92 Å². The molecule has 0 radical (unpaired) electrons. The average molecular weight is 371 g/mol. The van der Waals surface area contributed by atoms with Crippen LogP contribution >= 0.6 is 12.2 Å². The minimum atomic E-state index is -0.352. The Morgan fingerprint density at radius 3 is 2.23 bits per heavy atom. The van der Waals surface area contributed by atoms with Gasteiger partial charge in [0.15, 0.2) is 5.11 Å². The van der Waals surface area contributed by atoms with Gasteiger partial charge in [-0.1, -0.05) is 19.1 Å². The van der Waals surface area contributed by atoms with E-state index in [4.69, 9.17) is 17.0 Å². The quantitative estimate of drug-likeness (QED) is 0.701. The molecular formula is C19H21N3O3S. The number of anilines is 2. The largest absolute Gasteiger partial charge is 0.496 e. The third-order valence-electron chi connectivity index (χ3n) is 3.64. The maximum Gasteiger partial charge on any atom is 0.261 e. The molecule has 0 atom stereocenters. The van der Waals surface area contributed by atoms with Gasteiger partial charge in [0.2, 0.25) is 5.91 Å². The van der Waals surface area contributed by atoms with Gasteiger partial charge in [-0.15, -0.1) is 0 Å². The van der Waals surface area contributed by atoms with Crippen molar-refractivity contribution >= 4 is 40.5 Å². The molecule has 2 aromatic rings. The predicted molar refractivity (Wildman–Crippen MR) is 107 cm³/mol. The topological polar surface area (TPSA) is 79.5 Å². The van der Waals surface area contributed by atoms with Gasteiger partial charge in [-0.3, -0.25) is 14.9 Å². The SMILES string of the molecule is CCC(=O)Nc1ccc(NC(=S)NC(=O)c2cccc(C)c2OC)cc1. The lowest BCUT2D eigenvalue weighted by Crippen LogP contribution is -2.34. The van der Waals surface area contributed by atoms with E-state index in [1.54, 1.807) is 43.3 Å². The number of methoxy groups -OCH3 is 1. The minimum absolute atomic E-state index is 0.0550. The maximum absolute atomic E-state index is 12.4. The summed E-state index contributed by atoms with van der Waals surface area (Å²) in [5.74, 6) is 0.110. The third-order valence-corrected chi connectivity index (χ3v) is 3.84. The lowest BCUT2D eigenvalue weighted by Gasteiger charge is -2.13. The number of ether oxygens (including phenoxy) is 1. The number of aryl methyl sites for hydroxylation is 1. The predicted octanol–water partition coefficient (Wildman–Crippen LogP) is 3.48. The van der Waals surface area contributed by atoms with Crippen molar-refractivity contribution in [3.8, 4) is 5.75 Å². The molecule has 136 valence electrons. The first kappa shape index (κ1) is 19.4. The molecule has 0 unspecified atom stereocenters. The molecule has 0 bridgehead atoms. The Morgan fingerprint density at radius 1 is 1.04 bits per heavy atom. The highest BCUT2D eigenvalue weighted by atomic mass is 32.1. The zero-order valence-electron chi connectivity index (χ0n) is 14.9. The number of carbonyl (C=O) groups is 2. The Kier molecular flexibility index (Phi) is 6.68. The monoisotopic (exact) mass is 371 g/mol. The van der Waals surface area contributed by atoms with Crippen molar-refractivity contribution in [1.29, 1.82) is 0 Å². The van der Waals surface area contributed by atoms with Gasteiger partial charge < -0.3 is 15.4 Å². The van der Waals surface area contributed by atoms with Gasteiger partial charge >= 0.3 is 0 Å². The van der Waals surface area contributed by atoms with E-state index in [9.17, 15) is 9.59 Å². The van der Waals surface area contributed by atoms with Crippen LogP contribution in [0.3, 0.4) is 0 Å². The molecule has 0 fully saturated rings. The molecule has 2 rings (SSSR count). The molecule has 26 heavy (non-hydrogen) atoms. The highest BCUT2D eigenvalue weighted by Crippen LogP contribution is 2.22. The fourth-order valence-electron chi connectivity index (χ4n) is 2.32. The molecule has 0 aromatic heterocycles. The molecule has 0 aliphatic carbocycles. The zero-order chi connectivity index (χ0) is 19.1. The van der Waals surface area contributed by atoms with Gasteiger partial charge in [-0.25, -0.2) is 0 Å². The smallest absolute Gasteiger partial charge is 0.261 e. The molecule has 0 heterocycles. The summed E-state index contributed by atoms with van der Waals surface area (Å²) >= 11 is 5.19. The third kappa shape index (κ3) is 5.03. The van der Waals surface area contributed by atoms with Crippen LogP contribution in [0.1, 0.15) is 29.3 Å². The van der Waals surface area contributed by atoms with Crippen LogP contribution in [0.25, 0.3) is 0 Å². The van der Waals surface area contributed by atoms with E-state index in [1.807, 2.05) is 13.0 Å². The van der Waals surface area contributed by atoms with Crippen molar-refractivity contribution in [3.05, 3.63) is 53.6 Å². The Bertz CT molecular complexity index is 819. The molecule has 3 N–H and O–H groups in total. The first-order valence-electron chi connectivity index (χ1n) is 8.10. The summed E-state index contributed by atoms with van der Waals surface area (Å²) in [4.78, 5) is 23.8. The molecule has 0 saturated heterocycles. The summed E-state index contributed by atoms with van der Waals surface area (Å²) in [7, 11) is 1.52. The number of hydrogen-bond acceptors (Lipinski definition) is 4. The summed E-state index contributed by atoms with van der Waals surface area (Å²) < 4.78 is 5.29. The number of benzene rings is 2. The summed E-state index contributed by atoms with van der Waals surface area (Å²) in [5.41, 5.74) is 2.67. The molecule has 0 aliphatic heterocycles. The molecule has 2 amide bonds. The second kappa shape index (κ2) is 8.96. The highest BCUT2D eigenvalue weighted by Gasteiger charge is 2.15. The molecule has 2 aromatic carbocycles. The summed E-state index contributed by atoms with van der Waals surface area (Å²) in [6.07, 6.45) is 0.415. The molecule has 0 spiro atoms. The number of hydrogen-bond donors (Lipinski definition) is 3. The summed E-state index contributed by atoms with van der Waals surface area (Å²) in [5, 5.41) is 8.50. The Morgan fingerprint density at radius 2 is 1.65 bits per heavy atom. The number of thiocarbonyl (C=S) groups is 1. The summed E-state index contributed by atoms with van der Waals surface area (Å²) in [6, 6.07) is 12.4. The second-order valence-corrected chi connectivity index (χ2v) is 5.95. The molecule has 7 heteroatoms. The van der Waals surface area contributed by atoms with Crippen LogP contribution in [0.4, 0.5) is 11.4 Å². The van der Waals surface area contributed by atoms with Crippen LogP contribution in [-0.4, -0.2) is 24.0 Å². The highest BCUT2D eigenvalue weighted by molar-refractivity contribution is 7.80. The summed E-state index contributed by atoms with van der Waals surface area (Å²) in [6.45, 7) is 3.65. The van der Waals surface area contributed by atoms with Crippen molar-refractivity contribution in [2.75, 3.05) is 17.7 Å². The second-order valence-electron chi connectivity index (χ2n) is 5.54. The van der Waals surface area contributed by atoms with Gasteiger partial charge in [0.05, 0.1) is 12.7 Å². The van der Waals surface area contributed by atoms with Crippen LogP contribution in [-0.2, 0) is 4.79 Å². The number of rotatable bonds is 5. The first-order chi connectivity index (χ1) is 12.4. The van der Waals surface area contributed by atoms with Gasteiger partial charge in [-0.05, 0) is 55.0 Å². The van der Waals surface area contributed by atoms with Gasteiger partial charge in [0, 0.05) is 17.8 Å². The number of amides is 2. The van der Waals surface area contributed by atoms with Crippen LogP contribution < -0.4 is 20.7 Å².